The second kappa shape index (κ2) is 7.10. The van der Waals surface area contributed by atoms with E-state index in [-0.39, 0.29) is 6.61 Å². The molecule has 0 aliphatic rings. The van der Waals surface area contributed by atoms with Crippen molar-refractivity contribution in [1.82, 2.24) is 14.5 Å². The molecule has 2 aromatic carbocycles. The summed E-state index contributed by atoms with van der Waals surface area (Å²) in [6.45, 7) is 3.03. The van der Waals surface area contributed by atoms with Crippen LogP contribution in [0.3, 0.4) is 0 Å². The maximum atomic E-state index is 9.14. The molecule has 0 aliphatic heterocycles. The fourth-order valence-corrected chi connectivity index (χ4v) is 3.26. The Bertz CT molecular complexity index is 1020. The number of fused-ring (bicyclic) bond motifs is 1. The van der Waals surface area contributed by atoms with Gasteiger partial charge in [0, 0.05) is 31.1 Å². The van der Waals surface area contributed by atoms with Crippen LogP contribution < -0.4 is 0 Å². The summed E-state index contributed by atoms with van der Waals surface area (Å²) >= 11 is 0. The van der Waals surface area contributed by atoms with E-state index in [9.17, 15) is 0 Å². The Labute approximate surface area is 152 Å². The number of aliphatic hydroxyl groups excluding tert-OH is 1. The van der Waals surface area contributed by atoms with Crippen molar-refractivity contribution in [1.29, 1.82) is 0 Å². The van der Waals surface area contributed by atoms with Crippen LogP contribution in [0.2, 0.25) is 0 Å². The smallest absolute Gasteiger partial charge is 0.0958 e. The molecule has 130 valence electrons. The van der Waals surface area contributed by atoms with Gasteiger partial charge in [-0.2, -0.15) is 0 Å². The quantitative estimate of drug-likeness (QED) is 0.582. The minimum atomic E-state index is 0.177. The van der Waals surface area contributed by atoms with Gasteiger partial charge in [0.2, 0.25) is 0 Å². The molecule has 0 saturated carbocycles. The second-order valence-electron chi connectivity index (χ2n) is 6.51. The molecule has 2 aromatic heterocycles. The summed E-state index contributed by atoms with van der Waals surface area (Å²) < 4.78 is 2.10. The predicted molar refractivity (Wildman–Crippen MR) is 105 cm³/mol. The average molecular weight is 343 g/mol. The number of benzene rings is 2. The molecule has 1 N–H and O–H groups in total. The lowest BCUT2D eigenvalue weighted by molar-refractivity contribution is 0.280. The number of aryl methyl sites for hydroxylation is 2. The average Bonchev–Trinajstić information content (AvgIpc) is 3.08. The zero-order chi connectivity index (χ0) is 17.9. The minimum Gasteiger partial charge on any atom is -0.396 e. The molecule has 26 heavy (non-hydrogen) atoms. The number of aromatic nitrogens is 3. The topological polar surface area (TPSA) is 50.9 Å². The van der Waals surface area contributed by atoms with Crippen LogP contribution in [0.5, 0.6) is 0 Å². The highest BCUT2D eigenvalue weighted by molar-refractivity contribution is 5.93. The van der Waals surface area contributed by atoms with E-state index in [0.717, 1.165) is 34.3 Å². The summed E-state index contributed by atoms with van der Waals surface area (Å²) in [6.07, 6.45) is 6.26. The Kier molecular flexibility index (Phi) is 4.50. The second-order valence-corrected chi connectivity index (χ2v) is 6.51. The van der Waals surface area contributed by atoms with Crippen LogP contribution in [0, 0.1) is 6.92 Å². The van der Waals surface area contributed by atoms with Crippen LogP contribution in [0.25, 0.3) is 33.3 Å². The predicted octanol–water partition coefficient (Wildman–Crippen LogP) is 4.46. The fourth-order valence-electron chi connectivity index (χ4n) is 3.26. The van der Waals surface area contributed by atoms with Crippen molar-refractivity contribution in [3.05, 3.63) is 72.8 Å². The van der Waals surface area contributed by atoms with E-state index in [1.165, 1.54) is 11.1 Å². The van der Waals surface area contributed by atoms with Gasteiger partial charge in [-0.15, -0.1) is 0 Å². The van der Waals surface area contributed by atoms with E-state index in [0.29, 0.717) is 6.42 Å². The molecule has 0 fully saturated rings. The van der Waals surface area contributed by atoms with Gasteiger partial charge in [0.15, 0.2) is 0 Å². The Hall–Kier alpha value is -2.98. The number of hydrogen-bond acceptors (Lipinski definition) is 3. The van der Waals surface area contributed by atoms with Crippen LogP contribution in [-0.4, -0.2) is 26.2 Å². The maximum Gasteiger partial charge on any atom is 0.0958 e. The van der Waals surface area contributed by atoms with Crippen LogP contribution in [0.1, 0.15) is 12.0 Å². The van der Waals surface area contributed by atoms with Crippen molar-refractivity contribution in [3.8, 4) is 22.3 Å². The highest BCUT2D eigenvalue weighted by Gasteiger charge is 2.13. The van der Waals surface area contributed by atoms with Gasteiger partial charge in [0.25, 0.3) is 0 Å². The van der Waals surface area contributed by atoms with Crippen LogP contribution in [0.15, 0.2) is 67.3 Å². The van der Waals surface area contributed by atoms with Crippen molar-refractivity contribution < 1.29 is 5.11 Å². The third kappa shape index (κ3) is 3.11. The number of imidazole rings is 1. The molecule has 0 atom stereocenters. The molecule has 0 radical (unpaired) electrons. The maximum absolute atomic E-state index is 9.14. The Balaban J connectivity index is 1.93. The monoisotopic (exact) mass is 343 g/mol. The first kappa shape index (κ1) is 16.5. The van der Waals surface area contributed by atoms with Crippen LogP contribution in [-0.2, 0) is 6.54 Å². The van der Waals surface area contributed by atoms with E-state index in [4.69, 9.17) is 5.11 Å². The van der Waals surface area contributed by atoms with E-state index in [1.54, 1.807) is 6.20 Å². The summed E-state index contributed by atoms with van der Waals surface area (Å²) in [5, 5.41) is 9.14. The van der Waals surface area contributed by atoms with Crippen LogP contribution in [0.4, 0.5) is 0 Å². The summed E-state index contributed by atoms with van der Waals surface area (Å²) in [6, 6.07) is 16.9. The number of pyridine rings is 1. The van der Waals surface area contributed by atoms with Gasteiger partial charge in [0.1, 0.15) is 0 Å². The van der Waals surface area contributed by atoms with E-state index in [2.05, 4.69) is 63.9 Å². The summed E-state index contributed by atoms with van der Waals surface area (Å²) in [5.41, 5.74) is 7.82. The number of nitrogens with zero attached hydrogens (tertiary/aromatic N) is 3. The molecular formula is C22H21N3O. The first-order valence-electron chi connectivity index (χ1n) is 8.83. The lowest BCUT2D eigenvalue weighted by Crippen LogP contribution is -1.98. The third-order valence-electron chi connectivity index (χ3n) is 4.65. The zero-order valence-corrected chi connectivity index (χ0v) is 14.8. The summed E-state index contributed by atoms with van der Waals surface area (Å²) in [4.78, 5) is 8.87. The molecule has 0 saturated heterocycles. The molecule has 0 spiro atoms. The number of hydrogen-bond donors (Lipinski definition) is 1. The van der Waals surface area contributed by atoms with Gasteiger partial charge in [-0.1, -0.05) is 35.9 Å². The van der Waals surface area contributed by atoms with Gasteiger partial charge < -0.3 is 9.67 Å². The first-order valence-corrected chi connectivity index (χ1v) is 8.83. The molecule has 0 aliphatic carbocycles. The Morgan fingerprint density at radius 3 is 2.54 bits per heavy atom. The lowest BCUT2D eigenvalue weighted by atomic mass is 9.94. The fraction of sp³-hybridized carbons (Fsp3) is 0.182. The van der Waals surface area contributed by atoms with Crippen LogP contribution >= 0.6 is 0 Å². The van der Waals surface area contributed by atoms with E-state index in [1.807, 2.05) is 18.6 Å². The van der Waals surface area contributed by atoms with Gasteiger partial charge in [-0.05, 0) is 48.2 Å². The van der Waals surface area contributed by atoms with Gasteiger partial charge in [-0.25, -0.2) is 4.98 Å². The molecule has 0 bridgehead atoms. The first-order chi connectivity index (χ1) is 12.8. The largest absolute Gasteiger partial charge is 0.396 e. The SMILES string of the molecule is Cc1ccc(-c2cc3ncn(CCCO)c3cc2-c2cccnc2)cc1. The highest BCUT2D eigenvalue weighted by Crippen LogP contribution is 2.35. The zero-order valence-electron chi connectivity index (χ0n) is 14.8. The molecular weight excluding hydrogens is 322 g/mol. The molecule has 0 unspecified atom stereocenters. The van der Waals surface area contributed by atoms with Crippen molar-refractivity contribution >= 4 is 11.0 Å². The lowest BCUT2D eigenvalue weighted by Gasteiger charge is -2.12. The Morgan fingerprint density at radius 1 is 1.00 bits per heavy atom. The molecule has 0 amide bonds. The number of rotatable bonds is 5. The molecule has 4 nitrogen and oxygen atoms in total. The summed E-state index contributed by atoms with van der Waals surface area (Å²) in [5.74, 6) is 0. The summed E-state index contributed by atoms with van der Waals surface area (Å²) in [7, 11) is 0. The van der Waals surface area contributed by atoms with Crippen molar-refractivity contribution in [3.63, 3.8) is 0 Å². The van der Waals surface area contributed by atoms with Gasteiger partial charge >= 0.3 is 0 Å². The number of aliphatic hydroxyl groups is 1. The molecule has 2 heterocycles. The molecule has 4 aromatic rings. The standard InChI is InChI=1S/C22H21N3O/c1-16-5-7-17(8-6-16)19-12-21-22(25(15-24-21)10-3-11-26)13-20(19)18-4-2-9-23-14-18/h2,4-9,12-15,26H,3,10-11H2,1H3. The normalized spacial score (nSPS) is 11.2. The Morgan fingerprint density at radius 2 is 1.81 bits per heavy atom. The van der Waals surface area contributed by atoms with Gasteiger partial charge in [-0.3, -0.25) is 4.98 Å². The van der Waals surface area contributed by atoms with E-state index >= 15 is 0 Å². The molecule has 4 rings (SSSR count). The van der Waals surface area contributed by atoms with Crippen molar-refractivity contribution in [2.24, 2.45) is 0 Å². The third-order valence-corrected chi connectivity index (χ3v) is 4.65. The minimum absolute atomic E-state index is 0.177. The van der Waals surface area contributed by atoms with Crippen molar-refractivity contribution in [2.75, 3.05) is 6.61 Å². The molecule has 4 heteroatoms. The van der Waals surface area contributed by atoms with Gasteiger partial charge in [0.05, 0.1) is 17.4 Å². The van der Waals surface area contributed by atoms with E-state index < -0.39 is 0 Å². The van der Waals surface area contributed by atoms with Crippen molar-refractivity contribution in [2.45, 2.75) is 19.9 Å². The highest BCUT2D eigenvalue weighted by atomic mass is 16.3.